The molecule has 0 aliphatic heterocycles. The molecule has 0 unspecified atom stereocenters. The van der Waals surface area contributed by atoms with Crippen LogP contribution in [0.5, 0.6) is 0 Å². The van der Waals surface area contributed by atoms with Crippen molar-refractivity contribution in [1.82, 2.24) is 33.2 Å². The van der Waals surface area contributed by atoms with Crippen LogP contribution in [0.3, 0.4) is 0 Å². The van der Waals surface area contributed by atoms with E-state index < -0.39 is 0 Å². The number of nitrogens with zero attached hydrogens (tertiary/aromatic N) is 7. The van der Waals surface area contributed by atoms with Gasteiger partial charge in [0.25, 0.3) is 0 Å². The Bertz CT molecular complexity index is 5520. The zero-order valence-electron chi connectivity index (χ0n) is 47.6. The van der Waals surface area contributed by atoms with Crippen LogP contribution in [0.4, 0.5) is 0 Å². The second kappa shape index (κ2) is 19.8. The highest BCUT2D eigenvalue weighted by Gasteiger charge is 2.24. The number of hydrogen-bond donors (Lipinski definition) is 0. The molecule has 0 N–H and O–H groups in total. The van der Waals surface area contributed by atoms with E-state index in [0.717, 1.165) is 105 Å². The SMILES string of the molecule is c1ccc(-c2ccccc2-c2cccc(-c3nc(-n4c5ccccc5c5cc(-c6cccc7c8ccccc8n(-c8ccccc8)c67)ccc54)nc(-n4c5ccccc5c5cc(-c6cccc7c8ccccc8n(-c8ccccc8)c67)ccc54)n3)c2)cc1. The quantitative estimate of drug-likeness (QED) is 0.145. The molecule has 410 valence electrons. The molecule has 18 rings (SSSR count). The molecule has 0 aliphatic rings. The highest BCUT2D eigenvalue weighted by atomic mass is 15.3. The van der Waals surface area contributed by atoms with Gasteiger partial charge in [-0.3, -0.25) is 9.13 Å². The van der Waals surface area contributed by atoms with E-state index in [1.54, 1.807) is 0 Å². The summed E-state index contributed by atoms with van der Waals surface area (Å²) in [4.78, 5) is 16.8. The summed E-state index contributed by atoms with van der Waals surface area (Å²) in [6, 6.07) is 111. The van der Waals surface area contributed by atoms with Gasteiger partial charge in [0, 0.05) is 71.2 Å². The predicted molar refractivity (Wildman–Crippen MR) is 364 cm³/mol. The van der Waals surface area contributed by atoms with Crippen LogP contribution in [0.15, 0.2) is 309 Å². The summed E-state index contributed by atoms with van der Waals surface area (Å²) in [7, 11) is 0. The molecular formula is C81H51N7. The number of aromatic nitrogens is 7. The maximum absolute atomic E-state index is 5.66. The molecule has 7 heteroatoms. The Hall–Kier alpha value is -11.9. The second-order valence-corrected chi connectivity index (χ2v) is 22.7. The summed E-state index contributed by atoms with van der Waals surface area (Å²) >= 11 is 0. The third-order valence-electron chi connectivity index (χ3n) is 17.8. The Morgan fingerprint density at radius 2 is 0.523 bits per heavy atom. The summed E-state index contributed by atoms with van der Waals surface area (Å²) in [5.74, 6) is 1.59. The Morgan fingerprint density at radius 3 is 1.01 bits per heavy atom. The van der Waals surface area contributed by atoms with Crippen LogP contribution < -0.4 is 0 Å². The maximum atomic E-state index is 5.66. The highest BCUT2D eigenvalue weighted by molar-refractivity contribution is 6.17. The van der Waals surface area contributed by atoms with Gasteiger partial charge in [-0.2, -0.15) is 15.0 Å². The largest absolute Gasteiger partial charge is 0.309 e. The number of benzene rings is 13. The molecule has 7 nitrogen and oxygen atoms in total. The fraction of sp³-hybridized carbons (Fsp3) is 0. The van der Waals surface area contributed by atoms with Crippen molar-refractivity contribution in [3.8, 4) is 79.2 Å². The fourth-order valence-corrected chi connectivity index (χ4v) is 14.0. The third-order valence-corrected chi connectivity index (χ3v) is 17.8. The van der Waals surface area contributed by atoms with E-state index in [1.165, 1.54) is 43.6 Å². The molecule has 5 heterocycles. The number of fused-ring (bicyclic) bond motifs is 12. The molecule has 0 fully saturated rings. The molecule has 88 heavy (non-hydrogen) atoms. The maximum Gasteiger partial charge on any atom is 0.240 e. The average Bonchev–Trinajstić information content (AvgIpc) is 1.71. The van der Waals surface area contributed by atoms with E-state index in [-0.39, 0.29) is 0 Å². The van der Waals surface area contributed by atoms with Crippen molar-refractivity contribution in [3.63, 3.8) is 0 Å². The van der Waals surface area contributed by atoms with Gasteiger partial charge in [-0.05, 0) is 112 Å². The molecule has 18 aromatic rings. The average molecular weight is 1120 g/mol. The van der Waals surface area contributed by atoms with Crippen molar-refractivity contribution in [3.05, 3.63) is 309 Å². The standard InChI is InChI=1S/C81H51N7/c1-4-23-52(24-5-1)59-31-10-11-32-60(59)53-25-20-26-56(49-53)79-82-80(87-73-43-18-14-35-65(73)69-50-54(45-47-75(69)87)61-37-21-39-67-63-33-12-16-41-71(63)85(77(61)67)57-27-6-2-7-28-57)84-81(83-79)88-74-44-19-15-36-66(74)70-51-55(46-48-76(70)88)62-38-22-40-68-64-34-13-17-42-72(64)86(78(62)68)58-29-8-3-9-30-58/h1-51H. The van der Waals surface area contributed by atoms with E-state index in [9.17, 15) is 0 Å². The van der Waals surface area contributed by atoms with Crippen LogP contribution in [-0.4, -0.2) is 33.2 Å². The van der Waals surface area contributed by atoms with Crippen LogP contribution in [0.1, 0.15) is 0 Å². The Morgan fingerprint density at radius 1 is 0.193 bits per heavy atom. The molecule has 0 saturated carbocycles. The van der Waals surface area contributed by atoms with E-state index >= 15 is 0 Å². The zero-order chi connectivity index (χ0) is 57.8. The first-order chi connectivity index (χ1) is 43.7. The lowest BCUT2D eigenvalue weighted by Crippen LogP contribution is -2.10. The summed E-state index contributed by atoms with van der Waals surface area (Å²) in [5.41, 5.74) is 20.8. The van der Waals surface area contributed by atoms with E-state index in [0.29, 0.717) is 17.7 Å². The lowest BCUT2D eigenvalue weighted by Gasteiger charge is -2.14. The van der Waals surface area contributed by atoms with Crippen molar-refractivity contribution < 1.29 is 0 Å². The molecule has 5 aromatic heterocycles. The molecule has 0 spiro atoms. The summed E-state index contributed by atoms with van der Waals surface area (Å²) < 4.78 is 9.30. The lowest BCUT2D eigenvalue weighted by atomic mass is 9.94. The van der Waals surface area contributed by atoms with Crippen LogP contribution >= 0.6 is 0 Å². The molecule has 0 atom stereocenters. The Balaban J connectivity index is 0.863. The monoisotopic (exact) mass is 1120 g/mol. The molecule has 0 aliphatic carbocycles. The van der Waals surface area contributed by atoms with Crippen LogP contribution in [0.25, 0.3) is 166 Å². The number of para-hydroxylation sites is 8. The van der Waals surface area contributed by atoms with Gasteiger partial charge in [0.1, 0.15) is 0 Å². The van der Waals surface area contributed by atoms with E-state index in [1.807, 2.05) is 0 Å². The minimum Gasteiger partial charge on any atom is -0.309 e. The molecular weight excluding hydrogens is 1070 g/mol. The lowest BCUT2D eigenvalue weighted by molar-refractivity contribution is 0.893. The Labute approximate surface area is 506 Å². The second-order valence-electron chi connectivity index (χ2n) is 22.7. The first kappa shape index (κ1) is 49.5. The van der Waals surface area contributed by atoms with Gasteiger partial charge in [0.05, 0.1) is 44.1 Å². The van der Waals surface area contributed by atoms with Gasteiger partial charge < -0.3 is 9.13 Å². The first-order valence-electron chi connectivity index (χ1n) is 29.9. The predicted octanol–water partition coefficient (Wildman–Crippen LogP) is 20.6. The van der Waals surface area contributed by atoms with Crippen molar-refractivity contribution in [2.75, 3.05) is 0 Å². The van der Waals surface area contributed by atoms with E-state index in [2.05, 4.69) is 328 Å². The molecule has 0 saturated heterocycles. The number of rotatable bonds is 9. The van der Waals surface area contributed by atoms with Gasteiger partial charge in [0.2, 0.25) is 11.9 Å². The van der Waals surface area contributed by atoms with Crippen LogP contribution in [-0.2, 0) is 0 Å². The van der Waals surface area contributed by atoms with Crippen molar-refractivity contribution in [2.24, 2.45) is 0 Å². The van der Waals surface area contributed by atoms with Gasteiger partial charge in [0.15, 0.2) is 5.82 Å². The molecule has 0 bridgehead atoms. The Kier molecular flexibility index (Phi) is 11.2. The minimum atomic E-state index is 0.517. The van der Waals surface area contributed by atoms with Crippen molar-refractivity contribution >= 4 is 87.2 Å². The highest BCUT2D eigenvalue weighted by Crippen LogP contribution is 2.44. The molecule has 13 aromatic carbocycles. The van der Waals surface area contributed by atoms with Gasteiger partial charge in [-0.25, -0.2) is 0 Å². The van der Waals surface area contributed by atoms with Crippen LogP contribution in [0.2, 0.25) is 0 Å². The van der Waals surface area contributed by atoms with Crippen molar-refractivity contribution in [1.29, 1.82) is 0 Å². The normalized spacial score (nSPS) is 11.9. The third kappa shape index (κ3) is 7.67. The fourth-order valence-electron chi connectivity index (χ4n) is 14.0. The first-order valence-corrected chi connectivity index (χ1v) is 29.9. The van der Waals surface area contributed by atoms with Gasteiger partial charge in [-0.15, -0.1) is 0 Å². The van der Waals surface area contributed by atoms with E-state index in [4.69, 9.17) is 15.0 Å². The number of hydrogen-bond acceptors (Lipinski definition) is 3. The zero-order valence-corrected chi connectivity index (χ0v) is 47.6. The summed E-state index contributed by atoms with van der Waals surface area (Å²) in [5, 5.41) is 9.26. The van der Waals surface area contributed by atoms with Gasteiger partial charge >= 0.3 is 0 Å². The van der Waals surface area contributed by atoms with Crippen molar-refractivity contribution in [2.45, 2.75) is 0 Å². The smallest absolute Gasteiger partial charge is 0.240 e. The summed E-state index contributed by atoms with van der Waals surface area (Å²) in [6.07, 6.45) is 0. The molecule has 0 amide bonds. The topological polar surface area (TPSA) is 58.4 Å². The summed E-state index contributed by atoms with van der Waals surface area (Å²) in [6.45, 7) is 0. The minimum absolute atomic E-state index is 0.517. The molecule has 0 radical (unpaired) electrons. The van der Waals surface area contributed by atoms with Crippen LogP contribution in [0, 0.1) is 0 Å². The van der Waals surface area contributed by atoms with Gasteiger partial charge in [-0.1, -0.05) is 231 Å².